The largest absolute Gasteiger partial charge is 0.480 e. The first-order valence-corrected chi connectivity index (χ1v) is 7.27. The maximum atomic E-state index is 11.6. The van der Waals surface area contributed by atoms with Gasteiger partial charge in [-0.2, -0.15) is 11.8 Å². The number of amides is 2. The molecule has 6 nitrogen and oxygen atoms in total. The maximum Gasteiger partial charge on any atom is 0.326 e. The SMILES string of the molecule is COC1CC(NC(=O)N[C@@H](CCSC)C(=O)O)C1. The van der Waals surface area contributed by atoms with Crippen molar-refractivity contribution in [1.82, 2.24) is 10.6 Å². The van der Waals surface area contributed by atoms with E-state index in [1.54, 1.807) is 18.9 Å². The summed E-state index contributed by atoms with van der Waals surface area (Å²) in [4.78, 5) is 22.5. The van der Waals surface area contributed by atoms with Gasteiger partial charge in [-0.05, 0) is 31.3 Å². The fraction of sp³-hybridized carbons (Fsp3) is 0.818. The number of hydrogen-bond donors (Lipinski definition) is 3. The summed E-state index contributed by atoms with van der Waals surface area (Å²) in [5.41, 5.74) is 0. The summed E-state index contributed by atoms with van der Waals surface area (Å²) in [6, 6.07) is -1.15. The van der Waals surface area contributed by atoms with Gasteiger partial charge in [-0.3, -0.25) is 0 Å². The van der Waals surface area contributed by atoms with Crippen molar-refractivity contribution in [3.8, 4) is 0 Å². The predicted molar refractivity (Wildman–Crippen MR) is 69.9 cm³/mol. The second-order valence-electron chi connectivity index (χ2n) is 4.32. The molecule has 1 fully saturated rings. The summed E-state index contributed by atoms with van der Waals surface area (Å²) in [6.45, 7) is 0. The first-order valence-electron chi connectivity index (χ1n) is 5.88. The van der Waals surface area contributed by atoms with E-state index in [1.165, 1.54) is 0 Å². The number of carboxylic acids is 1. The molecule has 0 bridgehead atoms. The van der Waals surface area contributed by atoms with Gasteiger partial charge in [-0.1, -0.05) is 0 Å². The average molecular weight is 276 g/mol. The van der Waals surface area contributed by atoms with Crippen LogP contribution in [0.5, 0.6) is 0 Å². The lowest BCUT2D eigenvalue weighted by Crippen LogP contribution is -2.53. The molecule has 0 saturated heterocycles. The van der Waals surface area contributed by atoms with Crippen molar-refractivity contribution in [2.75, 3.05) is 19.1 Å². The highest BCUT2D eigenvalue weighted by molar-refractivity contribution is 7.98. The van der Waals surface area contributed by atoms with Crippen LogP contribution < -0.4 is 10.6 Å². The Bertz CT molecular complexity index is 295. The van der Waals surface area contributed by atoms with Crippen LogP contribution in [-0.4, -0.2) is 54.4 Å². The van der Waals surface area contributed by atoms with Crippen LogP contribution in [0.3, 0.4) is 0 Å². The van der Waals surface area contributed by atoms with Gasteiger partial charge in [0.2, 0.25) is 0 Å². The Balaban J connectivity index is 2.26. The van der Waals surface area contributed by atoms with E-state index in [9.17, 15) is 9.59 Å². The Morgan fingerprint density at radius 2 is 2.17 bits per heavy atom. The minimum atomic E-state index is -0.998. The van der Waals surface area contributed by atoms with Crippen molar-refractivity contribution in [1.29, 1.82) is 0 Å². The van der Waals surface area contributed by atoms with Crippen molar-refractivity contribution in [3.63, 3.8) is 0 Å². The molecule has 1 saturated carbocycles. The molecule has 104 valence electrons. The molecule has 18 heavy (non-hydrogen) atoms. The van der Waals surface area contributed by atoms with E-state index in [4.69, 9.17) is 9.84 Å². The van der Waals surface area contributed by atoms with E-state index < -0.39 is 18.0 Å². The van der Waals surface area contributed by atoms with Gasteiger partial charge in [0.15, 0.2) is 0 Å². The Morgan fingerprint density at radius 1 is 1.50 bits per heavy atom. The number of aliphatic carboxylic acids is 1. The van der Waals surface area contributed by atoms with E-state index in [1.807, 2.05) is 6.26 Å². The van der Waals surface area contributed by atoms with Crippen molar-refractivity contribution < 1.29 is 19.4 Å². The van der Waals surface area contributed by atoms with Gasteiger partial charge in [0, 0.05) is 13.2 Å². The monoisotopic (exact) mass is 276 g/mol. The Kier molecular flexibility index (Phi) is 6.28. The van der Waals surface area contributed by atoms with Gasteiger partial charge in [0.1, 0.15) is 6.04 Å². The fourth-order valence-electron chi connectivity index (χ4n) is 1.75. The number of rotatable bonds is 7. The van der Waals surface area contributed by atoms with Crippen molar-refractivity contribution in [2.24, 2.45) is 0 Å². The first kappa shape index (κ1) is 15.1. The summed E-state index contributed by atoms with van der Waals surface area (Å²) in [5.74, 6) is -0.297. The lowest BCUT2D eigenvalue weighted by atomic mass is 9.89. The van der Waals surface area contributed by atoms with Crippen molar-refractivity contribution >= 4 is 23.8 Å². The third-order valence-electron chi connectivity index (χ3n) is 2.98. The molecule has 0 radical (unpaired) electrons. The van der Waals surface area contributed by atoms with Crippen LogP contribution in [0.25, 0.3) is 0 Å². The molecule has 1 aliphatic carbocycles. The predicted octanol–water partition coefficient (Wildman–Crippen LogP) is 0.669. The highest BCUT2D eigenvalue weighted by Crippen LogP contribution is 2.22. The number of carbonyl (C=O) groups excluding carboxylic acids is 1. The highest BCUT2D eigenvalue weighted by Gasteiger charge is 2.31. The maximum absolute atomic E-state index is 11.6. The summed E-state index contributed by atoms with van der Waals surface area (Å²) in [7, 11) is 1.64. The van der Waals surface area contributed by atoms with Crippen LogP contribution in [0.15, 0.2) is 0 Å². The van der Waals surface area contributed by atoms with E-state index >= 15 is 0 Å². The van der Waals surface area contributed by atoms with Crippen LogP contribution in [-0.2, 0) is 9.53 Å². The Hall–Kier alpha value is -0.950. The number of methoxy groups -OCH3 is 1. The number of urea groups is 1. The van der Waals surface area contributed by atoms with E-state index in [-0.39, 0.29) is 12.1 Å². The lowest BCUT2D eigenvalue weighted by Gasteiger charge is -2.34. The molecule has 0 aliphatic heterocycles. The quantitative estimate of drug-likeness (QED) is 0.636. The minimum absolute atomic E-state index is 0.0879. The van der Waals surface area contributed by atoms with E-state index in [0.717, 1.165) is 12.8 Å². The fourth-order valence-corrected chi connectivity index (χ4v) is 2.23. The summed E-state index contributed by atoms with van der Waals surface area (Å²) >= 11 is 1.56. The minimum Gasteiger partial charge on any atom is -0.480 e. The number of thioether (sulfide) groups is 1. The summed E-state index contributed by atoms with van der Waals surface area (Å²) < 4.78 is 5.10. The molecule has 2 amide bonds. The first-order chi connectivity index (χ1) is 8.56. The summed E-state index contributed by atoms with van der Waals surface area (Å²) in [5, 5.41) is 14.2. The van der Waals surface area contributed by atoms with Crippen molar-refractivity contribution in [3.05, 3.63) is 0 Å². The number of carboxylic acid groups (broad SMARTS) is 1. The molecule has 1 rings (SSSR count). The van der Waals surface area contributed by atoms with Gasteiger partial charge in [0.05, 0.1) is 6.10 Å². The molecule has 7 heteroatoms. The highest BCUT2D eigenvalue weighted by atomic mass is 32.2. The normalized spacial score (nSPS) is 23.9. The van der Waals surface area contributed by atoms with Crippen LogP contribution in [0.2, 0.25) is 0 Å². The molecule has 0 spiro atoms. The van der Waals surface area contributed by atoms with Gasteiger partial charge < -0.3 is 20.5 Å². The third-order valence-corrected chi connectivity index (χ3v) is 3.62. The van der Waals surface area contributed by atoms with Gasteiger partial charge in [0.25, 0.3) is 0 Å². The van der Waals surface area contributed by atoms with Crippen LogP contribution >= 0.6 is 11.8 Å². The van der Waals surface area contributed by atoms with Gasteiger partial charge in [-0.15, -0.1) is 0 Å². The van der Waals surface area contributed by atoms with Crippen molar-refractivity contribution in [2.45, 2.75) is 37.5 Å². The number of nitrogens with one attached hydrogen (secondary N) is 2. The zero-order valence-corrected chi connectivity index (χ0v) is 11.5. The second-order valence-corrected chi connectivity index (χ2v) is 5.30. The van der Waals surface area contributed by atoms with E-state index in [0.29, 0.717) is 12.2 Å². The Morgan fingerprint density at radius 3 is 2.67 bits per heavy atom. The third kappa shape index (κ3) is 4.73. The molecule has 0 heterocycles. The Labute approximate surface area is 111 Å². The standard InChI is InChI=1S/C11H20N2O4S/c1-17-8-5-7(6-8)12-11(16)13-9(10(14)15)3-4-18-2/h7-9H,3-6H2,1-2H3,(H,14,15)(H2,12,13,16)/t7?,8?,9-/m0/s1. The van der Waals surface area contributed by atoms with Gasteiger partial charge in [-0.25, -0.2) is 9.59 Å². The molecule has 3 N–H and O–H groups in total. The second kappa shape index (κ2) is 7.48. The van der Waals surface area contributed by atoms with Crippen LogP contribution in [0.4, 0.5) is 4.79 Å². The number of carbonyl (C=O) groups is 2. The number of ether oxygens (including phenoxy) is 1. The molecule has 1 atom stereocenters. The molecule has 0 unspecified atom stereocenters. The summed E-state index contributed by atoms with van der Waals surface area (Å²) in [6.07, 6.45) is 4.11. The van der Waals surface area contributed by atoms with E-state index in [2.05, 4.69) is 10.6 Å². The van der Waals surface area contributed by atoms with Gasteiger partial charge >= 0.3 is 12.0 Å². The molecule has 0 aromatic rings. The molecule has 0 aromatic heterocycles. The van der Waals surface area contributed by atoms with Crippen LogP contribution in [0.1, 0.15) is 19.3 Å². The molecular weight excluding hydrogens is 256 g/mol. The molecular formula is C11H20N2O4S. The average Bonchev–Trinajstić information content (AvgIpc) is 2.28. The molecule has 1 aliphatic rings. The number of hydrogen-bond acceptors (Lipinski definition) is 4. The van der Waals surface area contributed by atoms with Crippen LogP contribution in [0, 0.1) is 0 Å². The zero-order valence-electron chi connectivity index (χ0n) is 10.6. The molecule has 0 aromatic carbocycles. The topological polar surface area (TPSA) is 87.7 Å². The zero-order chi connectivity index (χ0) is 13.5. The smallest absolute Gasteiger partial charge is 0.326 e. The lowest BCUT2D eigenvalue weighted by molar-refractivity contribution is -0.139.